The third-order valence-corrected chi connectivity index (χ3v) is 5.58. The number of rotatable bonds is 10. The Balaban J connectivity index is 0.00000529. The van der Waals surface area contributed by atoms with Crippen LogP contribution in [0.3, 0.4) is 0 Å². The van der Waals surface area contributed by atoms with Crippen molar-refractivity contribution in [3.63, 3.8) is 0 Å². The van der Waals surface area contributed by atoms with Gasteiger partial charge in [-0.25, -0.2) is 0 Å². The summed E-state index contributed by atoms with van der Waals surface area (Å²) in [5, 5.41) is 17.2. The second-order valence-corrected chi connectivity index (χ2v) is 7.54. The lowest BCUT2D eigenvalue weighted by molar-refractivity contribution is 0.0778. The highest BCUT2D eigenvalue weighted by Gasteiger charge is 2.31. The van der Waals surface area contributed by atoms with E-state index in [-0.39, 0.29) is 24.0 Å². The van der Waals surface area contributed by atoms with Gasteiger partial charge in [-0.15, -0.1) is 24.0 Å². The SMILES string of the molecule is CCNC(=NCC1(O)CCSC1)NC(C)CCCN(CC)CC.I. The molecule has 0 radical (unpaired) electrons. The molecule has 0 spiro atoms. The van der Waals surface area contributed by atoms with E-state index in [9.17, 15) is 5.11 Å². The first-order chi connectivity index (χ1) is 11.0. The lowest BCUT2D eigenvalue weighted by atomic mass is 10.0. The molecule has 1 aliphatic heterocycles. The molecule has 2 unspecified atom stereocenters. The number of nitrogens with zero attached hydrogens (tertiary/aromatic N) is 2. The van der Waals surface area contributed by atoms with Crippen LogP contribution in [-0.4, -0.2) is 71.8 Å². The zero-order valence-corrected chi connectivity index (χ0v) is 19.0. The molecule has 24 heavy (non-hydrogen) atoms. The van der Waals surface area contributed by atoms with Gasteiger partial charge in [0.2, 0.25) is 0 Å². The first-order valence-electron chi connectivity index (χ1n) is 9.10. The summed E-state index contributed by atoms with van der Waals surface area (Å²) in [5.74, 6) is 2.67. The monoisotopic (exact) mass is 472 g/mol. The molecule has 1 heterocycles. The summed E-state index contributed by atoms with van der Waals surface area (Å²) in [6, 6.07) is 0.385. The van der Waals surface area contributed by atoms with E-state index in [0.29, 0.717) is 12.6 Å². The quantitative estimate of drug-likeness (QED) is 0.259. The number of hydrogen-bond donors (Lipinski definition) is 3. The van der Waals surface area contributed by atoms with Crippen LogP contribution >= 0.6 is 35.7 Å². The first-order valence-corrected chi connectivity index (χ1v) is 10.3. The van der Waals surface area contributed by atoms with E-state index >= 15 is 0 Å². The molecule has 1 saturated heterocycles. The zero-order chi connectivity index (χ0) is 17.1. The number of halogens is 1. The van der Waals surface area contributed by atoms with E-state index in [0.717, 1.165) is 56.5 Å². The molecule has 5 nitrogen and oxygen atoms in total. The highest BCUT2D eigenvalue weighted by atomic mass is 127. The maximum absolute atomic E-state index is 10.4. The van der Waals surface area contributed by atoms with Crippen LogP contribution in [0.15, 0.2) is 4.99 Å². The molecule has 1 fully saturated rings. The smallest absolute Gasteiger partial charge is 0.191 e. The van der Waals surface area contributed by atoms with Gasteiger partial charge < -0.3 is 20.6 Å². The van der Waals surface area contributed by atoms with Crippen molar-refractivity contribution in [1.82, 2.24) is 15.5 Å². The molecular weight excluding hydrogens is 435 g/mol. The van der Waals surface area contributed by atoms with E-state index in [1.165, 1.54) is 6.42 Å². The minimum atomic E-state index is -0.612. The van der Waals surface area contributed by atoms with Crippen molar-refractivity contribution in [1.29, 1.82) is 0 Å². The normalized spacial score (nSPS) is 22.3. The number of hydrogen-bond acceptors (Lipinski definition) is 4. The fourth-order valence-electron chi connectivity index (χ4n) is 2.73. The van der Waals surface area contributed by atoms with Crippen molar-refractivity contribution >= 4 is 41.7 Å². The van der Waals surface area contributed by atoms with Crippen LogP contribution in [-0.2, 0) is 0 Å². The van der Waals surface area contributed by atoms with Gasteiger partial charge in [0, 0.05) is 18.3 Å². The van der Waals surface area contributed by atoms with Crippen molar-refractivity contribution in [3.05, 3.63) is 0 Å². The van der Waals surface area contributed by atoms with E-state index < -0.39 is 5.60 Å². The molecule has 0 aromatic carbocycles. The topological polar surface area (TPSA) is 59.9 Å². The maximum Gasteiger partial charge on any atom is 0.191 e. The third kappa shape index (κ3) is 9.68. The summed E-state index contributed by atoms with van der Waals surface area (Å²) in [6.45, 7) is 13.4. The predicted molar refractivity (Wildman–Crippen MR) is 118 cm³/mol. The van der Waals surface area contributed by atoms with Gasteiger partial charge in [0.05, 0.1) is 12.1 Å². The summed E-state index contributed by atoms with van der Waals surface area (Å²) in [5.41, 5.74) is -0.612. The van der Waals surface area contributed by atoms with Gasteiger partial charge in [-0.2, -0.15) is 11.8 Å². The fourth-order valence-corrected chi connectivity index (χ4v) is 4.02. The third-order valence-electron chi connectivity index (χ3n) is 4.35. The van der Waals surface area contributed by atoms with E-state index in [1.807, 2.05) is 11.8 Å². The molecule has 3 N–H and O–H groups in total. The first kappa shape index (κ1) is 24.3. The molecule has 1 rings (SSSR count). The molecule has 0 aromatic heterocycles. The highest BCUT2D eigenvalue weighted by Crippen LogP contribution is 2.27. The molecule has 0 aliphatic carbocycles. The van der Waals surface area contributed by atoms with E-state index in [2.05, 4.69) is 48.2 Å². The zero-order valence-electron chi connectivity index (χ0n) is 15.8. The summed E-state index contributed by atoms with van der Waals surface area (Å²) >= 11 is 1.81. The van der Waals surface area contributed by atoms with Crippen LogP contribution in [0.25, 0.3) is 0 Å². The highest BCUT2D eigenvalue weighted by molar-refractivity contribution is 14.0. The molecule has 0 amide bonds. The number of guanidine groups is 1. The standard InChI is InChI=1S/C17H36N4OS.HI/c1-5-18-16(19-13-17(22)10-12-23-14-17)20-15(4)9-8-11-21(6-2)7-3;/h15,22H,5-14H2,1-4H3,(H2,18,19,20);1H. The largest absolute Gasteiger partial charge is 0.387 e. The number of aliphatic imine (C=N–C) groups is 1. The number of aliphatic hydroxyl groups is 1. The minimum absolute atomic E-state index is 0. The molecule has 7 heteroatoms. The van der Waals surface area contributed by atoms with Crippen molar-refractivity contribution in [2.45, 2.75) is 58.6 Å². The second kappa shape index (κ2) is 13.5. The lowest BCUT2D eigenvalue weighted by Crippen LogP contribution is -2.44. The molecular formula is C17H37IN4OS. The summed E-state index contributed by atoms with van der Waals surface area (Å²) in [6.07, 6.45) is 3.16. The Bertz CT molecular complexity index is 347. The van der Waals surface area contributed by atoms with Gasteiger partial charge in [0.15, 0.2) is 5.96 Å². The second-order valence-electron chi connectivity index (χ2n) is 6.44. The van der Waals surface area contributed by atoms with Crippen LogP contribution < -0.4 is 10.6 Å². The average Bonchev–Trinajstić information content (AvgIpc) is 2.97. The van der Waals surface area contributed by atoms with Crippen LogP contribution in [0, 0.1) is 0 Å². The Morgan fingerprint density at radius 1 is 1.33 bits per heavy atom. The van der Waals surface area contributed by atoms with Gasteiger partial charge in [-0.1, -0.05) is 13.8 Å². The van der Waals surface area contributed by atoms with Gasteiger partial charge in [0.25, 0.3) is 0 Å². The molecule has 0 saturated carbocycles. The fraction of sp³-hybridized carbons (Fsp3) is 0.941. The maximum atomic E-state index is 10.4. The predicted octanol–water partition coefficient (Wildman–Crippen LogP) is 2.54. The molecule has 1 aliphatic rings. The molecule has 0 aromatic rings. The van der Waals surface area contributed by atoms with Gasteiger partial charge in [0.1, 0.15) is 0 Å². The minimum Gasteiger partial charge on any atom is -0.387 e. The van der Waals surface area contributed by atoms with Crippen molar-refractivity contribution in [2.24, 2.45) is 4.99 Å². The van der Waals surface area contributed by atoms with Crippen LogP contribution in [0.1, 0.15) is 47.0 Å². The van der Waals surface area contributed by atoms with Crippen LogP contribution in [0.4, 0.5) is 0 Å². The molecule has 144 valence electrons. The van der Waals surface area contributed by atoms with Crippen molar-refractivity contribution in [2.75, 3.05) is 44.2 Å². The van der Waals surface area contributed by atoms with Gasteiger partial charge in [-0.05, 0) is 58.5 Å². The van der Waals surface area contributed by atoms with Gasteiger partial charge in [-0.3, -0.25) is 4.99 Å². The van der Waals surface area contributed by atoms with E-state index in [4.69, 9.17) is 0 Å². The van der Waals surface area contributed by atoms with Gasteiger partial charge >= 0.3 is 0 Å². The summed E-state index contributed by atoms with van der Waals surface area (Å²) in [7, 11) is 0. The summed E-state index contributed by atoms with van der Waals surface area (Å²) < 4.78 is 0. The van der Waals surface area contributed by atoms with E-state index in [1.54, 1.807) is 0 Å². The van der Waals surface area contributed by atoms with Crippen molar-refractivity contribution < 1.29 is 5.11 Å². The Morgan fingerprint density at radius 3 is 2.58 bits per heavy atom. The molecule has 0 bridgehead atoms. The lowest BCUT2D eigenvalue weighted by Gasteiger charge is -2.23. The number of thioether (sulfide) groups is 1. The summed E-state index contributed by atoms with van der Waals surface area (Å²) in [4.78, 5) is 7.06. The van der Waals surface area contributed by atoms with Crippen LogP contribution in [0.5, 0.6) is 0 Å². The van der Waals surface area contributed by atoms with Crippen molar-refractivity contribution in [3.8, 4) is 0 Å². The van der Waals surface area contributed by atoms with Crippen LogP contribution in [0.2, 0.25) is 0 Å². The Kier molecular flexibility index (Phi) is 13.6. The average molecular weight is 472 g/mol. The Morgan fingerprint density at radius 2 is 2.04 bits per heavy atom. The number of nitrogens with one attached hydrogen (secondary N) is 2. The Hall–Kier alpha value is 0.270. The molecule has 2 atom stereocenters. The Labute approximate surface area is 169 Å².